The third kappa shape index (κ3) is 2.65. The van der Waals surface area contributed by atoms with Crippen LogP contribution in [0.15, 0.2) is 30.9 Å². The number of hydrogen-bond donors (Lipinski definition) is 1. The second-order valence-electron chi connectivity index (χ2n) is 6.57. The van der Waals surface area contributed by atoms with Crippen molar-refractivity contribution in [3.05, 3.63) is 42.0 Å². The van der Waals surface area contributed by atoms with Crippen LogP contribution in [0.3, 0.4) is 0 Å². The summed E-state index contributed by atoms with van der Waals surface area (Å²) >= 11 is 0. The lowest BCUT2D eigenvalue weighted by molar-refractivity contribution is -0.133. The fourth-order valence-electron chi connectivity index (χ4n) is 3.80. The summed E-state index contributed by atoms with van der Waals surface area (Å²) in [5.41, 5.74) is 7.81. The molecule has 0 bridgehead atoms. The van der Waals surface area contributed by atoms with Crippen molar-refractivity contribution in [1.29, 1.82) is 0 Å². The third-order valence-corrected chi connectivity index (χ3v) is 5.11. The van der Waals surface area contributed by atoms with Crippen molar-refractivity contribution in [3.8, 4) is 5.75 Å². The number of carbonyl (C=O) groups excluding carboxylic acids is 1. The third-order valence-electron chi connectivity index (χ3n) is 5.11. The smallest absolute Gasteiger partial charge is 0.233 e. The van der Waals surface area contributed by atoms with Crippen LogP contribution in [-0.4, -0.2) is 37.0 Å². The van der Waals surface area contributed by atoms with E-state index in [1.54, 1.807) is 6.08 Å². The van der Waals surface area contributed by atoms with E-state index in [1.165, 1.54) is 5.56 Å². The van der Waals surface area contributed by atoms with Gasteiger partial charge in [0.05, 0.1) is 12.0 Å². The molecule has 124 valence electrons. The van der Waals surface area contributed by atoms with E-state index in [-0.39, 0.29) is 11.8 Å². The normalized spacial score (nSPS) is 24.7. The molecular formula is C19H26N2O2. The topological polar surface area (TPSA) is 55.6 Å². The highest BCUT2D eigenvalue weighted by Crippen LogP contribution is 2.55. The molecular weight excluding hydrogens is 288 g/mol. The molecule has 1 amide bonds. The molecule has 2 atom stereocenters. The minimum atomic E-state index is -0.440. The first-order valence-corrected chi connectivity index (χ1v) is 8.54. The van der Waals surface area contributed by atoms with Crippen molar-refractivity contribution < 1.29 is 9.53 Å². The second-order valence-corrected chi connectivity index (χ2v) is 6.57. The zero-order chi connectivity index (χ0) is 16.4. The molecule has 4 nitrogen and oxygen atoms in total. The molecule has 4 heteroatoms. The monoisotopic (exact) mass is 314 g/mol. The summed E-state index contributed by atoms with van der Waals surface area (Å²) in [5, 5.41) is 0. The van der Waals surface area contributed by atoms with E-state index in [1.807, 2.05) is 11.0 Å². The van der Waals surface area contributed by atoms with Gasteiger partial charge in [-0.2, -0.15) is 0 Å². The zero-order valence-corrected chi connectivity index (χ0v) is 13.9. The quantitative estimate of drug-likeness (QED) is 0.786. The molecule has 1 saturated carbocycles. The Morgan fingerprint density at radius 2 is 2.39 bits per heavy atom. The minimum Gasteiger partial charge on any atom is -0.493 e. The van der Waals surface area contributed by atoms with E-state index in [0.29, 0.717) is 13.1 Å². The molecule has 1 fully saturated rings. The average molecular weight is 314 g/mol. The zero-order valence-electron chi connectivity index (χ0n) is 13.9. The minimum absolute atomic E-state index is 0.202. The van der Waals surface area contributed by atoms with Crippen molar-refractivity contribution in [2.24, 2.45) is 11.7 Å². The van der Waals surface area contributed by atoms with E-state index in [0.717, 1.165) is 43.7 Å². The van der Waals surface area contributed by atoms with Crippen molar-refractivity contribution in [2.45, 2.75) is 31.6 Å². The summed E-state index contributed by atoms with van der Waals surface area (Å²) in [6, 6.07) is 6.22. The number of benzene rings is 1. The molecule has 3 rings (SSSR count). The van der Waals surface area contributed by atoms with E-state index in [4.69, 9.17) is 10.5 Å². The summed E-state index contributed by atoms with van der Waals surface area (Å²) in [5.74, 6) is 1.39. The second kappa shape index (κ2) is 6.36. The van der Waals surface area contributed by atoms with Crippen molar-refractivity contribution in [2.75, 3.05) is 26.2 Å². The summed E-state index contributed by atoms with van der Waals surface area (Å²) in [6.07, 6.45) is 4.52. The van der Waals surface area contributed by atoms with Gasteiger partial charge in [-0.05, 0) is 42.5 Å². The first kappa shape index (κ1) is 16.1. The number of rotatable bonds is 7. The molecule has 1 aromatic rings. The summed E-state index contributed by atoms with van der Waals surface area (Å²) in [4.78, 5) is 15.2. The van der Waals surface area contributed by atoms with Crippen LogP contribution >= 0.6 is 0 Å². The average Bonchev–Trinajstić information content (AvgIpc) is 3.13. The van der Waals surface area contributed by atoms with Gasteiger partial charge < -0.3 is 15.4 Å². The van der Waals surface area contributed by atoms with Gasteiger partial charge in [-0.1, -0.05) is 25.1 Å². The number of nitrogens with two attached hydrogens (primary N) is 1. The fraction of sp³-hybridized carbons (Fsp3) is 0.526. The molecule has 1 aliphatic heterocycles. The van der Waals surface area contributed by atoms with Gasteiger partial charge in [0, 0.05) is 19.5 Å². The van der Waals surface area contributed by atoms with Crippen LogP contribution in [0.25, 0.3) is 0 Å². The number of carbonyl (C=O) groups is 1. The van der Waals surface area contributed by atoms with Crippen LogP contribution in [0.4, 0.5) is 0 Å². The first-order valence-electron chi connectivity index (χ1n) is 8.54. The van der Waals surface area contributed by atoms with Gasteiger partial charge in [0.25, 0.3) is 0 Å². The Labute approximate surface area is 138 Å². The highest BCUT2D eigenvalue weighted by molar-refractivity contribution is 5.92. The van der Waals surface area contributed by atoms with Gasteiger partial charge in [0.2, 0.25) is 5.91 Å². The van der Waals surface area contributed by atoms with E-state index in [9.17, 15) is 4.79 Å². The van der Waals surface area contributed by atoms with Gasteiger partial charge in [0.15, 0.2) is 0 Å². The summed E-state index contributed by atoms with van der Waals surface area (Å²) < 4.78 is 5.59. The standard InChI is InChI=1S/C19H26N2O2/c1-3-8-21(9-4-2)18(22)19(12-16(19)13-20)15-5-6-17-14(11-15)7-10-23-17/h3,5-6,11,16H,1,4,7-10,12-13,20H2,2H3. The van der Waals surface area contributed by atoms with Crippen LogP contribution in [0, 0.1) is 5.92 Å². The number of ether oxygens (including phenoxy) is 1. The number of nitrogens with zero attached hydrogens (tertiary/aromatic N) is 1. The summed E-state index contributed by atoms with van der Waals surface area (Å²) in [6.45, 7) is 8.53. The predicted octanol–water partition coefficient (Wildman–Crippen LogP) is 2.26. The van der Waals surface area contributed by atoms with Gasteiger partial charge in [-0.25, -0.2) is 0 Å². The maximum absolute atomic E-state index is 13.3. The summed E-state index contributed by atoms with van der Waals surface area (Å²) in [7, 11) is 0. The van der Waals surface area contributed by atoms with Crippen molar-refractivity contribution >= 4 is 5.91 Å². The largest absolute Gasteiger partial charge is 0.493 e. The van der Waals surface area contributed by atoms with Crippen molar-refractivity contribution in [1.82, 2.24) is 4.90 Å². The Morgan fingerprint density at radius 3 is 3.04 bits per heavy atom. The lowest BCUT2D eigenvalue weighted by Gasteiger charge is -2.27. The fourth-order valence-corrected chi connectivity index (χ4v) is 3.80. The van der Waals surface area contributed by atoms with E-state index < -0.39 is 5.41 Å². The van der Waals surface area contributed by atoms with Crippen LogP contribution in [-0.2, 0) is 16.6 Å². The molecule has 1 aliphatic carbocycles. The van der Waals surface area contributed by atoms with Gasteiger partial charge >= 0.3 is 0 Å². The van der Waals surface area contributed by atoms with Gasteiger partial charge in [0.1, 0.15) is 5.75 Å². The molecule has 2 aliphatic rings. The number of hydrogen-bond acceptors (Lipinski definition) is 3. The Kier molecular flexibility index (Phi) is 4.44. The lowest BCUT2D eigenvalue weighted by Crippen LogP contribution is -2.41. The van der Waals surface area contributed by atoms with Crippen LogP contribution in [0.1, 0.15) is 30.9 Å². The maximum Gasteiger partial charge on any atom is 0.233 e. The highest BCUT2D eigenvalue weighted by atomic mass is 16.5. The molecule has 1 aromatic carbocycles. The van der Waals surface area contributed by atoms with Crippen LogP contribution in [0.5, 0.6) is 5.75 Å². The SMILES string of the molecule is C=CCN(CCC)C(=O)C1(c2ccc3c(c2)CCO3)CC1CN. The Hall–Kier alpha value is -1.81. The Morgan fingerprint density at radius 1 is 1.57 bits per heavy atom. The molecule has 2 unspecified atom stereocenters. The number of amides is 1. The number of fused-ring (bicyclic) bond motifs is 1. The molecule has 0 aromatic heterocycles. The molecule has 0 radical (unpaired) electrons. The van der Waals surface area contributed by atoms with Crippen LogP contribution in [0.2, 0.25) is 0 Å². The first-order chi connectivity index (χ1) is 11.2. The Bertz CT molecular complexity index is 613. The predicted molar refractivity (Wildman–Crippen MR) is 91.5 cm³/mol. The van der Waals surface area contributed by atoms with E-state index >= 15 is 0 Å². The van der Waals surface area contributed by atoms with E-state index in [2.05, 4.69) is 25.6 Å². The lowest BCUT2D eigenvalue weighted by atomic mass is 9.89. The molecule has 0 spiro atoms. The van der Waals surface area contributed by atoms with Gasteiger partial charge in [-0.3, -0.25) is 4.79 Å². The maximum atomic E-state index is 13.3. The van der Waals surface area contributed by atoms with Crippen molar-refractivity contribution in [3.63, 3.8) is 0 Å². The molecule has 2 N–H and O–H groups in total. The Balaban J connectivity index is 1.93. The van der Waals surface area contributed by atoms with Gasteiger partial charge in [-0.15, -0.1) is 6.58 Å². The van der Waals surface area contributed by atoms with Crippen LogP contribution < -0.4 is 10.5 Å². The molecule has 0 saturated heterocycles. The molecule has 1 heterocycles. The highest BCUT2D eigenvalue weighted by Gasteiger charge is 2.61. The molecule has 23 heavy (non-hydrogen) atoms.